The third-order valence-electron chi connectivity index (χ3n) is 3.44. The van der Waals surface area contributed by atoms with E-state index < -0.39 is 10.2 Å². The Bertz CT molecular complexity index is 371. The Balaban J connectivity index is 2.86. The van der Waals surface area contributed by atoms with Crippen molar-refractivity contribution in [3.8, 4) is 0 Å². The zero-order valence-electron chi connectivity index (χ0n) is 12.5. The molecule has 1 aliphatic rings. The van der Waals surface area contributed by atoms with Crippen LogP contribution in [0.15, 0.2) is 0 Å². The van der Waals surface area contributed by atoms with Gasteiger partial charge in [0.05, 0.1) is 0 Å². The fourth-order valence-corrected chi connectivity index (χ4v) is 4.77. The summed E-state index contributed by atoms with van der Waals surface area (Å²) in [6.07, 6.45) is 1.94. The molecule has 0 aromatic heterocycles. The molecule has 1 heterocycles. The monoisotopic (exact) mass is 310 g/mol. The molecule has 0 spiro atoms. The Labute approximate surface area is 123 Å². The molecule has 1 aliphatic heterocycles. The van der Waals surface area contributed by atoms with Crippen LogP contribution in [0.5, 0.6) is 0 Å². The highest BCUT2D eigenvalue weighted by molar-refractivity contribution is 7.86. The molecule has 0 aromatic rings. The second-order valence-corrected chi connectivity index (χ2v) is 8.28. The Hall–Kier alpha value is 0.160. The van der Waals surface area contributed by atoms with Crippen LogP contribution < -0.4 is 0 Å². The van der Waals surface area contributed by atoms with E-state index in [2.05, 4.69) is 0 Å². The Morgan fingerprint density at radius 2 is 1.95 bits per heavy atom. The fraction of sp³-hybridized carbons (Fsp3) is 1.00. The lowest BCUT2D eigenvalue weighted by Crippen LogP contribution is -2.51. The molecule has 0 saturated carbocycles. The van der Waals surface area contributed by atoms with Gasteiger partial charge in [0.2, 0.25) is 0 Å². The molecule has 4 nitrogen and oxygen atoms in total. The highest BCUT2D eigenvalue weighted by atomic mass is 35.5. The normalized spacial score (nSPS) is 22.6. The minimum Gasteiger partial charge on any atom is -0.195 e. The first-order chi connectivity index (χ1) is 8.78. The summed E-state index contributed by atoms with van der Waals surface area (Å²) in [5, 5.41) is 0. The van der Waals surface area contributed by atoms with Crippen LogP contribution in [0.4, 0.5) is 0 Å². The van der Waals surface area contributed by atoms with Gasteiger partial charge in [0.25, 0.3) is 10.2 Å². The number of halogens is 1. The quantitative estimate of drug-likeness (QED) is 0.707. The van der Waals surface area contributed by atoms with Crippen molar-refractivity contribution < 1.29 is 8.42 Å². The van der Waals surface area contributed by atoms with Crippen molar-refractivity contribution >= 4 is 21.8 Å². The van der Waals surface area contributed by atoms with E-state index in [1.165, 1.54) is 0 Å². The third-order valence-corrected chi connectivity index (χ3v) is 6.03. The second-order valence-electron chi connectivity index (χ2n) is 6.09. The highest BCUT2D eigenvalue weighted by Crippen LogP contribution is 2.23. The first-order valence-corrected chi connectivity index (χ1v) is 9.05. The van der Waals surface area contributed by atoms with Crippen molar-refractivity contribution in [1.29, 1.82) is 0 Å². The molecule has 1 unspecified atom stereocenters. The number of alkyl halides is 1. The van der Waals surface area contributed by atoms with Crippen molar-refractivity contribution in [3.05, 3.63) is 0 Å². The van der Waals surface area contributed by atoms with Crippen LogP contribution in [-0.4, -0.2) is 48.6 Å². The van der Waals surface area contributed by atoms with Crippen LogP contribution in [0.25, 0.3) is 0 Å². The average molecular weight is 311 g/mol. The molecule has 0 aromatic carbocycles. The average Bonchev–Trinajstić information content (AvgIpc) is 2.35. The summed E-state index contributed by atoms with van der Waals surface area (Å²) in [6.45, 7) is 9.71. The predicted octanol–water partition coefficient (Wildman–Crippen LogP) is 2.55. The zero-order valence-corrected chi connectivity index (χ0v) is 14.0. The van der Waals surface area contributed by atoms with Crippen LogP contribution in [0, 0.1) is 11.8 Å². The maximum atomic E-state index is 12.7. The van der Waals surface area contributed by atoms with Gasteiger partial charge in [0, 0.05) is 31.6 Å². The molecule has 6 heteroatoms. The predicted molar refractivity (Wildman–Crippen MR) is 80.6 cm³/mol. The molecule has 1 saturated heterocycles. The van der Waals surface area contributed by atoms with Crippen LogP contribution in [-0.2, 0) is 10.2 Å². The first kappa shape index (κ1) is 17.2. The van der Waals surface area contributed by atoms with E-state index in [1.807, 2.05) is 27.7 Å². The molecule has 1 fully saturated rings. The maximum absolute atomic E-state index is 12.7. The number of nitrogens with zero attached hydrogens (tertiary/aromatic N) is 2. The van der Waals surface area contributed by atoms with Crippen molar-refractivity contribution in [2.24, 2.45) is 11.8 Å². The molecule has 1 atom stereocenters. The molecule has 0 N–H and O–H groups in total. The summed E-state index contributed by atoms with van der Waals surface area (Å²) in [5.41, 5.74) is 0. The summed E-state index contributed by atoms with van der Waals surface area (Å²) < 4.78 is 28.7. The van der Waals surface area contributed by atoms with Gasteiger partial charge in [-0.05, 0) is 38.5 Å². The molecule has 0 amide bonds. The zero-order chi connectivity index (χ0) is 14.6. The summed E-state index contributed by atoms with van der Waals surface area (Å²) in [5.74, 6) is 1.15. The van der Waals surface area contributed by atoms with Gasteiger partial charge in [0.15, 0.2) is 0 Å². The van der Waals surface area contributed by atoms with Crippen LogP contribution >= 0.6 is 11.6 Å². The minimum atomic E-state index is -3.35. The van der Waals surface area contributed by atoms with Crippen molar-refractivity contribution in [3.63, 3.8) is 0 Å². The first-order valence-electron chi connectivity index (χ1n) is 7.12. The lowest BCUT2D eigenvalue weighted by molar-refractivity contribution is 0.239. The Morgan fingerprint density at radius 3 is 2.42 bits per heavy atom. The molecule has 1 rings (SSSR count). The smallest absolute Gasteiger partial charge is 0.195 e. The van der Waals surface area contributed by atoms with E-state index in [1.54, 1.807) is 8.61 Å². The van der Waals surface area contributed by atoms with Gasteiger partial charge in [-0.2, -0.15) is 17.0 Å². The van der Waals surface area contributed by atoms with E-state index in [4.69, 9.17) is 11.6 Å². The molecule has 0 aliphatic carbocycles. The van der Waals surface area contributed by atoms with Crippen molar-refractivity contribution in [2.75, 3.05) is 25.5 Å². The summed E-state index contributed by atoms with van der Waals surface area (Å²) in [7, 11) is -3.35. The van der Waals surface area contributed by atoms with E-state index >= 15 is 0 Å². The van der Waals surface area contributed by atoms with E-state index in [0.717, 1.165) is 12.8 Å². The number of hydrogen-bond acceptors (Lipinski definition) is 2. The maximum Gasteiger partial charge on any atom is 0.282 e. The van der Waals surface area contributed by atoms with E-state index in [-0.39, 0.29) is 6.04 Å². The van der Waals surface area contributed by atoms with Gasteiger partial charge < -0.3 is 0 Å². The van der Waals surface area contributed by atoms with E-state index in [0.29, 0.717) is 37.4 Å². The highest BCUT2D eigenvalue weighted by Gasteiger charge is 2.34. The summed E-state index contributed by atoms with van der Waals surface area (Å²) >= 11 is 5.89. The van der Waals surface area contributed by atoms with Crippen LogP contribution in [0.1, 0.15) is 40.5 Å². The number of piperidine rings is 1. The molecule has 0 radical (unpaired) electrons. The lowest BCUT2D eigenvalue weighted by atomic mass is 10.0. The topological polar surface area (TPSA) is 40.6 Å². The minimum absolute atomic E-state index is 0.0104. The Morgan fingerprint density at radius 1 is 1.32 bits per heavy atom. The lowest BCUT2D eigenvalue weighted by Gasteiger charge is -2.37. The molecule has 19 heavy (non-hydrogen) atoms. The standard InChI is InChI=1S/C13H27ClN2O2S/c1-11(2)9-16(12(3)4)19(17,18)15-7-5-6-13(8-14)10-15/h11-13H,5-10H2,1-4H3. The fourth-order valence-electron chi connectivity index (χ4n) is 2.44. The van der Waals surface area contributed by atoms with E-state index in [9.17, 15) is 8.42 Å². The molecular formula is C13H27ClN2O2S. The van der Waals surface area contributed by atoms with Gasteiger partial charge >= 0.3 is 0 Å². The third kappa shape index (κ3) is 4.59. The molecule has 0 bridgehead atoms. The van der Waals surface area contributed by atoms with Crippen molar-refractivity contribution in [1.82, 2.24) is 8.61 Å². The van der Waals surface area contributed by atoms with Crippen LogP contribution in [0.2, 0.25) is 0 Å². The van der Waals surface area contributed by atoms with Gasteiger partial charge in [-0.3, -0.25) is 0 Å². The largest absolute Gasteiger partial charge is 0.282 e. The second kappa shape index (κ2) is 7.25. The van der Waals surface area contributed by atoms with Gasteiger partial charge in [0.1, 0.15) is 0 Å². The Kier molecular flexibility index (Phi) is 6.57. The summed E-state index contributed by atoms with van der Waals surface area (Å²) in [6, 6.07) is -0.0104. The van der Waals surface area contributed by atoms with Crippen molar-refractivity contribution in [2.45, 2.75) is 46.6 Å². The summed E-state index contributed by atoms with van der Waals surface area (Å²) in [4.78, 5) is 0. The molecule has 114 valence electrons. The van der Waals surface area contributed by atoms with Gasteiger partial charge in [-0.1, -0.05) is 13.8 Å². The SMILES string of the molecule is CC(C)CN(C(C)C)S(=O)(=O)N1CCCC(CCl)C1. The van der Waals surface area contributed by atoms with Crippen LogP contribution in [0.3, 0.4) is 0 Å². The number of rotatable bonds is 6. The molecular weight excluding hydrogens is 284 g/mol. The van der Waals surface area contributed by atoms with Gasteiger partial charge in [-0.15, -0.1) is 11.6 Å². The number of hydrogen-bond donors (Lipinski definition) is 0. The van der Waals surface area contributed by atoms with Gasteiger partial charge in [-0.25, -0.2) is 0 Å².